The predicted molar refractivity (Wildman–Crippen MR) is 112 cm³/mol. The molecule has 8 nitrogen and oxygen atoms in total. The van der Waals surface area contributed by atoms with E-state index in [0.717, 1.165) is 23.4 Å². The first-order valence-electron chi connectivity index (χ1n) is 9.68. The summed E-state index contributed by atoms with van der Waals surface area (Å²) < 4.78 is 16.5. The normalized spacial score (nSPS) is 13.6. The number of fused-ring (bicyclic) bond motifs is 1. The number of benzene rings is 1. The molecule has 8 heteroatoms. The number of ether oxygens (including phenoxy) is 3. The van der Waals surface area contributed by atoms with E-state index in [2.05, 4.69) is 14.9 Å². The first kappa shape index (κ1) is 19.9. The van der Waals surface area contributed by atoms with Gasteiger partial charge in [-0.3, -0.25) is 14.7 Å². The van der Waals surface area contributed by atoms with Crippen LogP contribution in [-0.4, -0.2) is 47.7 Å². The molecule has 0 saturated carbocycles. The second kappa shape index (κ2) is 8.54. The monoisotopic (exact) mass is 408 g/mol. The summed E-state index contributed by atoms with van der Waals surface area (Å²) in [7, 11) is 4.81. The van der Waals surface area contributed by atoms with Gasteiger partial charge >= 0.3 is 0 Å². The van der Waals surface area contributed by atoms with Crippen molar-refractivity contribution in [3.63, 3.8) is 0 Å². The van der Waals surface area contributed by atoms with Gasteiger partial charge in [0.1, 0.15) is 5.69 Å². The van der Waals surface area contributed by atoms with Crippen molar-refractivity contribution in [3.8, 4) is 28.8 Å². The van der Waals surface area contributed by atoms with Gasteiger partial charge in [-0.2, -0.15) is 0 Å². The maximum absolute atomic E-state index is 12.6. The van der Waals surface area contributed by atoms with Crippen LogP contribution in [0.4, 0.5) is 0 Å². The van der Waals surface area contributed by atoms with E-state index in [1.165, 1.54) is 0 Å². The fourth-order valence-electron chi connectivity index (χ4n) is 3.78. The molecule has 0 saturated heterocycles. The van der Waals surface area contributed by atoms with Crippen LogP contribution in [0.25, 0.3) is 11.5 Å². The molecule has 3 heterocycles. The number of nitrogens with one attached hydrogen (secondary N) is 1. The van der Waals surface area contributed by atoms with E-state index in [4.69, 9.17) is 19.2 Å². The van der Waals surface area contributed by atoms with Gasteiger partial charge < -0.3 is 19.2 Å². The lowest BCUT2D eigenvalue weighted by Gasteiger charge is -2.28. The van der Waals surface area contributed by atoms with Crippen LogP contribution in [0.2, 0.25) is 0 Å². The Bertz CT molecular complexity index is 1100. The largest absolute Gasteiger partial charge is 0.493 e. The van der Waals surface area contributed by atoms with E-state index in [-0.39, 0.29) is 5.56 Å². The SMILES string of the molecule is COc1ccc(CN2CCc3c(nc(-c4ccccn4)[nH]c3=O)C2)c(OC)c1OC. The third-order valence-electron chi connectivity index (χ3n) is 5.24. The van der Waals surface area contributed by atoms with E-state index in [0.29, 0.717) is 48.3 Å². The molecule has 0 aliphatic carbocycles. The van der Waals surface area contributed by atoms with Crippen LogP contribution in [-0.2, 0) is 19.5 Å². The molecule has 0 amide bonds. The highest BCUT2D eigenvalue weighted by Gasteiger charge is 2.24. The smallest absolute Gasteiger partial charge is 0.254 e. The highest BCUT2D eigenvalue weighted by atomic mass is 16.5. The van der Waals surface area contributed by atoms with Gasteiger partial charge in [-0.25, -0.2) is 4.98 Å². The summed E-state index contributed by atoms with van der Waals surface area (Å²) in [6.07, 6.45) is 2.32. The van der Waals surface area contributed by atoms with Crippen LogP contribution in [0.1, 0.15) is 16.8 Å². The Kier molecular flexibility index (Phi) is 5.67. The van der Waals surface area contributed by atoms with Crippen LogP contribution in [0.3, 0.4) is 0 Å². The number of hydrogen-bond donors (Lipinski definition) is 1. The van der Waals surface area contributed by atoms with Crippen LogP contribution < -0.4 is 19.8 Å². The Morgan fingerprint density at radius 2 is 1.90 bits per heavy atom. The molecule has 30 heavy (non-hydrogen) atoms. The maximum Gasteiger partial charge on any atom is 0.254 e. The molecule has 1 N–H and O–H groups in total. The van der Waals surface area contributed by atoms with Gasteiger partial charge in [0.15, 0.2) is 17.3 Å². The molecule has 0 unspecified atom stereocenters. The summed E-state index contributed by atoms with van der Waals surface area (Å²) in [5, 5.41) is 0. The fraction of sp³-hybridized carbons (Fsp3) is 0.318. The van der Waals surface area contributed by atoms with Gasteiger partial charge in [-0.1, -0.05) is 12.1 Å². The van der Waals surface area contributed by atoms with Crippen molar-refractivity contribution in [1.82, 2.24) is 19.9 Å². The standard InChI is InChI=1S/C22H24N4O4/c1-28-18-8-7-14(19(29-2)20(18)30-3)12-26-11-9-15-17(13-26)24-21(25-22(15)27)16-6-4-5-10-23-16/h4-8,10H,9,11-13H2,1-3H3,(H,24,25,27). The van der Waals surface area contributed by atoms with Crippen LogP contribution in [0.15, 0.2) is 41.3 Å². The summed E-state index contributed by atoms with van der Waals surface area (Å²) in [5.41, 5.74) is 3.06. The summed E-state index contributed by atoms with van der Waals surface area (Å²) in [4.78, 5) is 26.7. The van der Waals surface area contributed by atoms with Crippen LogP contribution in [0, 0.1) is 0 Å². The minimum absolute atomic E-state index is 0.0935. The second-order valence-corrected chi connectivity index (χ2v) is 7.01. The van der Waals surface area contributed by atoms with Crippen molar-refractivity contribution >= 4 is 0 Å². The molecule has 0 fully saturated rings. The number of nitrogens with zero attached hydrogens (tertiary/aromatic N) is 3. The Balaban J connectivity index is 1.62. The topological polar surface area (TPSA) is 89.6 Å². The summed E-state index contributed by atoms with van der Waals surface area (Å²) in [6.45, 7) is 1.95. The van der Waals surface area contributed by atoms with Crippen molar-refractivity contribution in [2.75, 3.05) is 27.9 Å². The summed E-state index contributed by atoms with van der Waals surface area (Å²) in [6, 6.07) is 9.38. The van der Waals surface area contributed by atoms with E-state index in [9.17, 15) is 4.79 Å². The van der Waals surface area contributed by atoms with Gasteiger partial charge in [0.25, 0.3) is 5.56 Å². The molecule has 1 aromatic carbocycles. The zero-order valence-corrected chi connectivity index (χ0v) is 17.3. The Morgan fingerprint density at radius 3 is 2.60 bits per heavy atom. The minimum Gasteiger partial charge on any atom is -0.493 e. The fourth-order valence-corrected chi connectivity index (χ4v) is 3.78. The number of aromatic amines is 1. The van der Waals surface area contributed by atoms with Gasteiger partial charge in [-0.05, 0) is 24.6 Å². The van der Waals surface area contributed by atoms with Crippen molar-refractivity contribution in [2.24, 2.45) is 0 Å². The van der Waals surface area contributed by atoms with E-state index >= 15 is 0 Å². The number of H-pyrrole nitrogens is 1. The van der Waals surface area contributed by atoms with E-state index in [1.54, 1.807) is 27.5 Å². The first-order valence-corrected chi connectivity index (χ1v) is 9.68. The van der Waals surface area contributed by atoms with Crippen LogP contribution in [0.5, 0.6) is 17.2 Å². The van der Waals surface area contributed by atoms with Gasteiger partial charge in [0.2, 0.25) is 5.75 Å². The van der Waals surface area contributed by atoms with Gasteiger partial charge in [0.05, 0.1) is 27.0 Å². The molecule has 1 aliphatic heterocycles. The molecular formula is C22H24N4O4. The first-order chi connectivity index (χ1) is 14.6. The van der Waals surface area contributed by atoms with Crippen molar-refractivity contribution < 1.29 is 14.2 Å². The van der Waals surface area contributed by atoms with Crippen molar-refractivity contribution in [2.45, 2.75) is 19.5 Å². The highest BCUT2D eigenvalue weighted by molar-refractivity contribution is 5.56. The molecule has 2 aromatic heterocycles. The number of rotatable bonds is 6. The molecule has 0 spiro atoms. The zero-order chi connectivity index (χ0) is 21.1. The second-order valence-electron chi connectivity index (χ2n) is 7.01. The maximum atomic E-state index is 12.6. The summed E-state index contributed by atoms with van der Waals surface area (Å²) in [5.74, 6) is 2.33. The van der Waals surface area contributed by atoms with E-state index < -0.39 is 0 Å². The highest BCUT2D eigenvalue weighted by Crippen LogP contribution is 2.40. The lowest BCUT2D eigenvalue weighted by Crippen LogP contribution is -2.35. The molecule has 0 bridgehead atoms. The molecule has 4 rings (SSSR count). The number of pyridine rings is 1. The van der Waals surface area contributed by atoms with Gasteiger partial charge in [-0.15, -0.1) is 0 Å². The number of hydrogen-bond acceptors (Lipinski definition) is 7. The zero-order valence-electron chi connectivity index (χ0n) is 17.3. The van der Waals surface area contributed by atoms with E-state index in [1.807, 2.05) is 30.3 Å². The van der Waals surface area contributed by atoms with Crippen LogP contribution >= 0.6 is 0 Å². The lowest BCUT2D eigenvalue weighted by atomic mass is 10.0. The summed E-state index contributed by atoms with van der Waals surface area (Å²) >= 11 is 0. The molecule has 0 radical (unpaired) electrons. The quantitative estimate of drug-likeness (QED) is 0.670. The average Bonchev–Trinajstić information content (AvgIpc) is 2.79. The number of methoxy groups -OCH3 is 3. The lowest BCUT2D eigenvalue weighted by molar-refractivity contribution is 0.235. The van der Waals surface area contributed by atoms with Crippen molar-refractivity contribution in [1.29, 1.82) is 0 Å². The Morgan fingerprint density at radius 1 is 1.07 bits per heavy atom. The Labute approximate surface area is 174 Å². The molecule has 0 atom stereocenters. The van der Waals surface area contributed by atoms with Gasteiger partial charge in [0, 0.05) is 37.0 Å². The van der Waals surface area contributed by atoms with Crippen molar-refractivity contribution in [3.05, 3.63) is 63.7 Å². The molecule has 1 aliphatic rings. The molecule has 156 valence electrons. The minimum atomic E-state index is -0.0935. The molecule has 3 aromatic rings. The predicted octanol–water partition coefficient (Wildman–Crippen LogP) is 2.42. The third-order valence-corrected chi connectivity index (χ3v) is 5.24. The average molecular weight is 408 g/mol. The Hall–Kier alpha value is -3.39. The molecular weight excluding hydrogens is 384 g/mol. The number of aromatic nitrogens is 3. The third kappa shape index (κ3) is 3.73.